The lowest BCUT2D eigenvalue weighted by atomic mass is 10.0. The number of amides is 2. The van der Waals surface area contributed by atoms with Crippen molar-refractivity contribution in [1.82, 2.24) is 4.90 Å². The Morgan fingerprint density at radius 1 is 0.839 bits per heavy atom. The molecule has 1 fully saturated rings. The highest BCUT2D eigenvalue weighted by atomic mass is 32.2. The average molecular weight is 432 g/mol. The number of ether oxygens (including phenoxy) is 2. The molecule has 1 aliphatic heterocycles. The Hall–Kier alpha value is -3.51. The van der Waals surface area contributed by atoms with Gasteiger partial charge in [0, 0.05) is 0 Å². The van der Waals surface area contributed by atoms with Gasteiger partial charge in [-0.3, -0.25) is 14.5 Å². The molecule has 1 aliphatic rings. The zero-order valence-corrected chi connectivity index (χ0v) is 18.0. The number of hydrogen-bond donors (Lipinski definition) is 0. The molecule has 1 saturated heterocycles. The van der Waals surface area contributed by atoms with Crippen LogP contribution in [0.15, 0.2) is 77.7 Å². The van der Waals surface area contributed by atoms with E-state index < -0.39 is 0 Å². The van der Waals surface area contributed by atoms with Gasteiger partial charge in [-0.1, -0.05) is 48.5 Å². The maximum atomic E-state index is 12.8. The Morgan fingerprint density at radius 3 is 2.23 bits per heavy atom. The molecule has 0 aromatic heterocycles. The highest BCUT2D eigenvalue weighted by Crippen LogP contribution is 2.34. The van der Waals surface area contributed by atoms with Crippen molar-refractivity contribution in [3.63, 3.8) is 0 Å². The fourth-order valence-corrected chi connectivity index (χ4v) is 4.11. The predicted octanol–water partition coefficient (Wildman–Crippen LogP) is 5.61. The van der Waals surface area contributed by atoms with Gasteiger partial charge in [-0.25, -0.2) is 0 Å². The maximum Gasteiger partial charge on any atom is 0.293 e. The molecular formula is C25H21NO4S. The van der Waals surface area contributed by atoms with Crippen LogP contribution in [0.4, 0.5) is 4.79 Å². The van der Waals surface area contributed by atoms with Gasteiger partial charge in [-0.2, -0.15) is 0 Å². The van der Waals surface area contributed by atoms with E-state index in [0.29, 0.717) is 4.91 Å². The number of hydrogen-bond acceptors (Lipinski definition) is 5. The second-order valence-electron chi connectivity index (χ2n) is 6.97. The van der Waals surface area contributed by atoms with Gasteiger partial charge in [0.05, 0.1) is 25.7 Å². The minimum atomic E-state index is -0.275. The smallest absolute Gasteiger partial charge is 0.293 e. The molecule has 5 nitrogen and oxygen atoms in total. The molecule has 31 heavy (non-hydrogen) atoms. The number of benzene rings is 3. The van der Waals surface area contributed by atoms with Crippen LogP contribution in [0.3, 0.4) is 0 Å². The first kappa shape index (κ1) is 20.8. The predicted molar refractivity (Wildman–Crippen MR) is 123 cm³/mol. The summed E-state index contributed by atoms with van der Waals surface area (Å²) in [5.41, 5.74) is 3.82. The molecule has 0 atom stereocenters. The Morgan fingerprint density at radius 2 is 1.55 bits per heavy atom. The fraction of sp³-hybridized carbons (Fsp3) is 0.120. The zero-order chi connectivity index (χ0) is 21.8. The standard InChI is InChI=1S/C25H21NO4S/c1-29-21-12-8-18(9-13-21)16-26-24(27)23(31-25(26)28)14-17-6-10-19(11-7-17)20-4-3-5-22(15-20)30-2/h3-15H,16H2,1-2H3. The number of nitrogens with zero attached hydrogens (tertiary/aromatic N) is 1. The van der Waals surface area contributed by atoms with E-state index in [4.69, 9.17) is 9.47 Å². The molecule has 6 heteroatoms. The lowest BCUT2D eigenvalue weighted by molar-refractivity contribution is -0.123. The van der Waals surface area contributed by atoms with E-state index >= 15 is 0 Å². The molecule has 0 bridgehead atoms. The van der Waals surface area contributed by atoms with Crippen molar-refractivity contribution >= 4 is 29.0 Å². The van der Waals surface area contributed by atoms with Crippen LogP contribution in [0.2, 0.25) is 0 Å². The summed E-state index contributed by atoms with van der Waals surface area (Å²) in [7, 11) is 3.24. The molecule has 2 amide bonds. The van der Waals surface area contributed by atoms with Gasteiger partial charge in [0.2, 0.25) is 0 Å². The van der Waals surface area contributed by atoms with Gasteiger partial charge in [-0.05, 0) is 64.4 Å². The van der Waals surface area contributed by atoms with Crippen molar-refractivity contribution in [2.24, 2.45) is 0 Å². The van der Waals surface area contributed by atoms with E-state index in [9.17, 15) is 9.59 Å². The number of carbonyl (C=O) groups excluding carboxylic acids is 2. The number of imide groups is 1. The number of carbonyl (C=O) groups is 2. The Kier molecular flexibility index (Phi) is 6.09. The molecule has 4 rings (SSSR count). The van der Waals surface area contributed by atoms with Gasteiger partial charge < -0.3 is 9.47 Å². The zero-order valence-electron chi connectivity index (χ0n) is 17.2. The first-order chi connectivity index (χ1) is 15.1. The molecule has 156 valence electrons. The molecule has 0 spiro atoms. The Labute approximate surface area is 185 Å². The minimum absolute atomic E-state index is 0.237. The number of methoxy groups -OCH3 is 2. The van der Waals surface area contributed by atoms with E-state index in [1.54, 1.807) is 20.3 Å². The minimum Gasteiger partial charge on any atom is -0.497 e. The maximum absolute atomic E-state index is 12.8. The van der Waals surface area contributed by atoms with Crippen LogP contribution in [-0.2, 0) is 11.3 Å². The van der Waals surface area contributed by atoms with Crippen LogP contribution < -0.4 is 9.47 Å². The highest BCUT2D eigenvalue weighted by Gasteiger charge is 2.34. The van der Waals surface area contributed by atoms with Crippen molar-refractivity contribution in [3.8, 4) is 22.6 Å². The van der Waals surface area contributed by atoms with Crippen LogP contribution in [0.25, 0.3) is 17.2 Å². The van der Waals surface area contributed by atoms with E-state index in [0.717, 1.165) is 45.5 Å². The molecule has 0 saturated carbocycles. The molecule has 3 aromatic carbocycles. The summed E-state index contributed by atoms with van der Waals surface area (Å²) in [6.45, 7) is 0.237. The van der Waals surface area contributed by atoms with E-state index in [2.05, 4.69) is 0 Å². The molecule has 0 N–H and O–H groups in total. The molecule has 0 unspecified atom stereocenters. The molecular weight excluding hydrogens is 410 g/mol. The third-order valence-corrected chi connectivity index (χ3v) is 5.89. The number of thioether (sulfide) groups is 1. The summed E-state index contributed by atoms with van der Waals surface area (Å²) in [6.07, 6.45) is 1.76. The average Bonchev–Trinajstić information content (AvgIpc) is 3.07. The van der Waals surface area contributed by atoms with Crippen LogP contribution in [0.1, 0.15) is 11.1 Å². The van der Waals surface area contributed by atoms with Crippen molar-refractivity contribution in [3.05, 3.63) is 88.8 Å². The summed E-state index contributed by atoms with van der Waals surface area (Å²) in [6, 6.07) is 23.0. The lowest BCUT2D eigenvalue weighted by Gasteiger charge is -2.12. The fourth-order valence-electron chi connectivity index (χ4n) is 3.28. The van der Waals surface area contributed by atoms with Crippen LogP contribution >= 0.6 is 11.8 Å². The van der Waals surface area contributed by atoms with Gasteiger partial charge in [0.1, 0.15) is 11.5 Å². The van der Waals surface area contributed by atoms with Crippen molar-refractivity contribution in [2.75, 3.05) is 14.2 Å². The normalized spacial score (nSPS) is 14.9. The highest BCUT2D eigenvalue weighted by molar-refractivity contribution is 8.18. The van der Waals surface area contributed by atoms with E-state index in [1.807, 2.05) is 72.8 Å². The number of rotatable bonds is 6. The third-order valence-electron chi connectivity index (χ3n) is 4.98. The van der Waals surface area contributed by atoms with E-state index in [-0.39, 0.29) is 17.7 Å². The van der Waals surface area contributed by atoms with Crippen molar-refractivity contribution in [1.29, 1.82) is 0 Å². The second kappa shape index (κ2) is 9.10. The molecule has 3 aromatic rings. The van der Waals surface area contributed by atoms with Gasteiger partial charge in [0.25, 0.3) is 11.1 Å². The Balaban J connectivity index is 1.49. The van der Waals surface area contributed by atoms with Crippen LogP contribution in [0, 0.1) is 0 Å². The summed E-state index contributed by atoms with van der Waals surface area (Å²) >= 11 is 0.966. The van der Waals surface area contributed by atoms with Crippen LogP contribution in [0.5, 0.6) is 11.5 Å². The first-order valence-corrected chi connectivity index (χ1v) is 10.5. The third kappa shape index (κ3) is 4.64. The topological polar surface area (TPSA) is 55.8 Å². The second-order valence-corrected chi connectivity index (χ2v) is 7.96. The van der Waals surface area contributed by atoms with Crippen molar-refractivity contribution < 1.29 is 19.1 Å². The summed E-state index contributed by atoms with van der Waals surface area (Å²) in [5, 5.41) is -0.264. The van der Waals surface area contributed by atoms with Crippen LogP contribution in [-0.4, -0.2) is 30.3 Å². The van der Waals surface area contributed by atoms with Gasteiger partial charge in [-0.15, -0.1) is 0 Å². The molecule has 1 heterocycles. The quantitative estimate of drug-likeness (QED) is 0.475. The summed E-state index contributed by atoms with van der Waals surface area (Å²) in [4.78, 5) is 26.9. The summed E-state index contributed by atoms with van der Waals surface area (Å²) in [5.74, 6) is 1.25. The van der Waals surface area contributed by atoms with Crippen molar-refractivity contribution in [2.45, 2.75) is 6.54 Å². The monoisotopic (exact) mass is 431 g/mol. The first-order valence-electron chi connectivity index (χ1n) is 9.70. The van der Waals surface area contributed by atoms with E-state index in [1.165, 1.54) is 4.90 Å². The largest absolute Gasteiger partial charge is 0.497 e. The van der Waals surface area contributed by atoms with Gasteiger partial charge >= 0.3 is 0 Å². The lowest BCUT2D eigenvalue weighted by Crippen LogP contribution is -2.27. The SMILES string of the molecule is COc1ccc(CN2C(=O)SC(=Cc3ccc(-c4cccc(OC)c4)cc3)C2=O)cc1. The Bertz CT molecular complexity index is 1140. The molecule has 0 radical (unpaired) electrons. The molecule has 0 aliphatic carbocycles. The van der Waals surface area contributed by atoms with Gasteiger partial charge in [0.15, 0.2) is 0 Å². The summed E-state index contributed by atoms with van der Waals surface area (Å²) < 4.78 is 10.4.